The van der Waals surface area contributed by atoms with Gasteiger partial charge in [0, 0.05) is 12.3 Å². The van der Waals surface area contributed by atoms with Crippen LogP contribution in [0.5, 0.6) is 0 Å². The third-order valence-electron chi connectivity index (χ3n) is 5.97. The van der Waals surface area contributed by atoms with E-state index in [1.807, 2.05) is 64.3 Å². The molecule has 0 saturated carbocycles. The number of nitrogens with zero attached hydrogens (tertiary/aromatic N) is 1. The first-order chi connectivity index (χ1) is 14.9. The Morgan fingerprint density at radius 2 is 1.59 bits per heavy atom. The molecule has 2 aliphatic rings. The summed E-state index contributed by atoms with van der Waals surface area (Å²) in [5, 5.41) is 1.94. The molecule has 0 aromatic heterocycles. The van der Waals surface area contributed by atoms with Crippen molar-refractivity contribution >= 4 is 27.8 Å². The Hall–Kier alpha value is -2.09. The molecule has 2 aliphatic heterocycles. The topological polar surface area (TPSA) is 63.7 Å². The van der Waals surface area contributed by atoms with E-state index in [2.05, 4.69) is 0 Å². The van der Waals surface area contributed by atoms with Gasteiger partial charge in [-0.15, -0.1) is 11.8 Å². The number of aryl methyl sites for hydroxylation is 2. The molecule has 0 N–H and O–H groups in total. The Morgan fingerprint density at radius 3 is 2.16 bits per heavy atom. The number of benzene rings is 2. The summed E-state index contributed by atoms with van der Waals surface area (Å²) in [6.07, 6.45) is 0. The second kappa shape index (κ2) is 8.04. The molecule has 0 radical (unpaired) electrons. The van der Waals surface area contributed by atoms with Gasteiger partial charge < -0.3 is 4.74 Å². The molecule has 0 aliphatic carbocycles. The van der Waals surface area contributed by atoms with Crippen LogP contribution in [0.25, 0.3) is 0 Å². The first-order valence-electron chi connectivity index (χ1n) is 10.6. The number of rotatable bonds is 4. The summed E-state index contributed by atoms with van der Waals surface area (Å²) in [6.45, 7) is 9.59. The normalized spacial score (nSPS) is 23.7. The van der Waals surface area contributed by atoms with E-state index in [-0.39, 0.29) is 17.4 Å². The van der Waals surface area contributed by atoms with Crippen LogP contribution in [0, 0.1) is 19.3 Å². The summed E-state index contributed by atoms with van der Waals surface area (Å²) in [5.41, 5.74) is 1.93. The lowest BCUT2D eigenvalue weighted by molar-refractivity contribution is -0.165. The maximum Gasteiger partial charge on any atom is 0.319 e. The number of carbonyl (C=O) groups excluding carboxylic acids is 1. The standard InChI is InChI=1S/C25H29NO4S2/c1-17-6-10-19(11-7-17)22-25(23(27)30-24(3,4)5)16-31-15-20(25)14-26(22)32(28,29)21-12-8-18(2)9-13-21/h6-13,15,22H,14,16H2,1-5H3/t22-,25-/m0/s1. The van der Waals surface area contributed by atoms with Crippen LogP contribution in [-0.2, 0) is 19.6 Å². The summed E-state index contributed by atoms with van der Waals surface area (Å²) in [7, 11) is -3.84. The Balaban J connectivity index is 1.88. The molecule has 0 unspecified atom stereocenters. The lowest BCUT2D eigenvalue weighted by Crippen LogP contribution is -2.44. The number of hydrogen-bond donors (Lipinski definition) is 0. The highest BCUT2D eigenvalue weighted by molar-refractivity contribution is 8.02. The van der Waals surface area contributed by atoms with E-state index in [0.29, 0.717) is 5.75 Å². The molecule has 32 heavy (non-hydrogen) atoms. The van der Waals surface area contributed by atoms with Gasteiger partial charge in [-0.2, -0.15) is 4.31 Å². The number of fused-ring (bicyclic) bond motifs is 1. The fraction of sp³-hybridized carbons (Fsp3) is 0.400. The van der Waals surface area contributed by atoms with Gasteiger partial charge in [-0.1, -0.05) is 47.5 Å². The summed E-state index contributed by atoms with van der Waals surface area (Å²) in [6, 6.07) is 13.9. The molecule has 0 amide bonds. The molecule has 0 bridgehead atoms. The fourth-order valence-electron chi connectivity index (χ4n) is 4.35. The van der Waals surface area contributed by atoms with Crippen LogP contribution < -0.4 is 0 Å². The Morgan fingerprint density at radius 1 is 1.03 bits per heavy atom. The van der Waals surface area contributed by atoms with Crippen LogP contribution in [0.2, 0.25) is 0 Å². The number of thioether (sulfide) groups is 1. The summed E-state index contributed by atoms with van der Waals surface area (Å²) < 4.78 is 35.0. The Bertz CT molecular complexity index is 1160. The number of ether oxygens (including phenoxy) is 1. The maximum atomic E-state index is 13.8. The van der Waals surface area contributed by atoms with Crippen molar-refractivity contribution < 1.29 is 17.9 Å². The van der Waals surface area contributed by atoms with Crippen LogP contribution in [-0.4, -0.2) is 36.6 Å². The largest absolute Gasteiger partial charge is 0.459 e. The van der Waals surface area contributed by atoms with E-state index in [1.165, 1.54) is 4.31 Å². The van der Waals surface area contributed by atoms with Gasteiger partial charge in [0.05, 0.1) is 10.9 Å². The SMILES string of the molecule is Cc1ccc([C@@H]2N(S(=O)(=O)c3ccc(C)cc3)CC3=CSC[C@]32C(=O)OC(C)(C)C)cc1. The van der Waals surface area contributed by atoms with Gasteiger partial charge in [-0.3, -0.25) is 4.79 Å². The summed E-state index contributed by atoms with van der Waals surface area (Å²) in [4.78, 5) is 13.9. The second-order valence-electron chi connectivity index (χ2n) is 9.60. The highest BCUT2D eigenvalue weighted by Gasteiger charge is 2.62. The average molecular weight is 472 g/mol. The molecule has 4 rings (SSSR count). The lowest BCUT2D eigenvalue weighted by Gasteiger charge is -2.36. The minimum atomic E-state index is -3.84. The fourth-order valence-corrected chi connectivity index (χ4v) is 7.28. The van der Waals surface area contributed by atoms with E-state index in [1.54, 1.807) is 36.0 Å². The zero-order valence-corrected chi connectivity index (χ0v) is 20.7. The molecule has 170 valence electrons. The van der Waals surface area contributed by atoms with E-state index >= 15 is 0 Å². The highest BCUT2D eigenvalue weighted by Crippen LogP contribution is 2.58. The first-order valence-corrected chi connectivity index (χ1v) is 13.1. The monoisotopic (exact) mass is 471 g/mol. The van der Waals surface area contributed by atoms with Crippen molar-refractivity contribution in [2.24, 2.45) is 5.41 Å². The first kappa shape index (κ1) is 23.1. The van der Waals surface area contributed by atoms with Crippen molar-refractivity contribution in [3.63, 3.8) is 0 Å². The second-order valence-corrected chi connectivity index (χ2v) is 12.4. The molecule has 0 spiro atoms. The number of sulfonamides is 1. The Kier molecular flexibility index (Phi) is 5.80. The van der Waals surface area contributed by atoms with Crippen molar-refractivity contribution in [3.05, 3.63) is 76.2 Å². The Labute approximate surface area is 194 Å². The molecule has 2 atom stereocenters. The third-order valence-corrected chi connectivity index (χ3v) is 8.87. The van der Waals surface area contributed by atoms with Crippen molar-refractivity contribution in [1.82, 2.24) is 4.31 Å². The molecular weight excluding hydrogens is 442 g/mol. The predicted molar refractivity (Wildman–Crippen MR) is 128 cm³/mol. The van der Waals surface area contributed by atoms with Gasteiger partial charge in [-0.05, 0) is 63.3 Å². The molecule has 2 aromatic carbocycles. The molecule has 1 fully saturated rings. The van der Waals surface area contributed by atoms with Crippen LogP contribution in [0.3, 0.4) is 0 Å². The van der Waals surface area contributed by atoms with Gasteiger partial charge in [-0.25, -0.2) is 8.42 Å². The van der Waals surface area contributed by atoms with Crippen molar-refractivity contribution in [1.29, 1.82) is 0 Å². The van der Waals surface area contributed by atoms with E-state index < -0.39 is 27.1 Å². The minimum absolute atomic E-state index is 0.168. The smallest absolute Gasteiger partial charge is 0.319 e. The number of hydrogen-bond acceptors (Lipinski definition) is 5. The van der Waals surface area contributed by atoms with E-state index in [9.17, 15) is 13.2 Å². The van der Waals surface area contributed by atoms with Gasteiger partial charge in [0.15, 0.2) is 0 Å². The van der Waals surface area contributed by atoms with Gasteiger partial charge in [0.2, 0.25) is 10.0 Å². The zero-order valence-electron chi connectivity index (χ0n) is 19.1. The quantitative estimate of drug-likeness (QED) is 0.587. The van der Waals surface area contributed by atoms with Gasteiger partial charge in [0.25, 0.3) is 0 Å². The molecule has 2 heterocycles. The molecule has 1 saturated heterocycles. The van der Waals surface area contributed by atoms with Crippen LogP contribution in [0.4, 0.5) is 0 Å². The van der Waals surface area contributed by atoms with Crippen LogP contribution in [0.15, 0.2) is 64.4 Å². The third kappa shape index (κ3) is 3.91. The highest BCUT2D eigenvalue weighted by atomic mass is 32.2. The van der Waals surface area contributed by atoms with E-state index in [0.717, 1.165) is 22.3 Å². The van der Waals surface area contributed by atoms with Crippen LogP contribution in [0.1, 0.15) is 43.5 Å². The minimum Gasteiger partial charge on any atom is -0.459 e. The van der Waals surface area contributed by atoms with Crippen molar-refractivity contribution in [2.45, 2.75) is 51.2 Å². The molecule has 2 aromatic rings. The number of esters is 1. The lowest BCUT2D eigenvalue weighted by atomic mass is 9.76. The van der Waals surface area contributed by atoms with E-state index in [4.69, 9.17) is 4.74 Å². The molecule has 7 heteroatoms. The van der Waals surface area contributed by atoms with Crippen molar-refractivity contribution in [3.8, 4) is 0 Å². The maximum absolute atomic E-state index is 13.8. The van der Waals surface area contributed by atoms with Crippen LogP contribution >= 0.6 is 11.8 Å². The van der Waals surface area contributed by atoms with Gasteiger partial charge >= 0.3 is 5.97 Å². The zero-order chi connectivity index (χ0) is 23.3. The summed E-state index contributed by atoms with van der Waals surface area (Å²) >= 11 is 1.55. The molecular formula is C25H29NO4S2. The summed E-state index contributed by atoms with van der Waals surface area (Å²) in [5.74, 6) is 0.0869. The number of carbonyl (C=O) groups is 1. The van der Waals surface area contributed by atoms with Crippen molar-refractivity contribution in [2.75, 3.05) is 12.3 Å². The van der Waals surface area contributed by atoms with Gasteiger partial charge in [0.1, 0.15) is 11.0 Å². The average Bonchev–Trinajstić information content (AvgIpc) is 3.26. The predicted octanol–water partition coefficient (Wildman–Crippen LogP) is 5.01. The molecule has 5 nitrogen and oxygen atoms in total.